The average molecular weight is 123 g/mol. The van der Waals surface area contributed by atoms with Crippen LogP contribution in [0.2, 0.25) is 0 Å². The maximum atomic E-state index is 10.9. The van der Waals surface area contributed by atoms with Gasteiger partial charge in [-0.2, -0.15) is 0 Å². The number of hydrogen-bond acceptors (Lipinski definition) is 1. The van der Waals surface area contributed by atoms with Crippen LogP contribution in [0.15, 0.2) is 12.3 Å². The molecule has 9 heavy (non-hydrogen) atoms. The van der Waals surface area contributed by atoms with E-state index in [2.05, 4.69) is 6.08 Å². The first kappa shape index (κ1) is 5.03. The quantitative estimate of drug-likeness (QED) is 0.435. The molecule has 0 radical (unpaired) electrons. The number of amides is 1. The van der Waals surface area contributed by atoms with E-state index in [1.165, 1.54) is 0 Å². The first-order chi connectivity index (χ1) is 4.30. The number of carbonyl (C=O) groups excluding carboxylic acids is 1. The van der Waals surface area contributed by atoms with Gasteiger partial charge in [0.25, 0.3) is 0 Å². The van der Waals surface area contributed by atoms with E-state index in [9.17, 15) is 4.79 Å². The van der Waals surface area contributed by atoms with Gasteiger partial charge in [-0.25, -0.2) is 0 Å². The molecule has 2 nitrogen and oxygen atoms in total. The van der Waals surface area contributed by atoms with Crippen molar-refractivity contribution in [3.05, 3.63) is 12.3 Å². The van der Waals surface area contributed by atoms with Crippen molar-refractivity contribution in [1.29, 1.82) is 0 Å². The molecule has 0 aromatic carbocycles. The molecule has 48 valence electrons. The van der Waals surface area contributed by atoms with Crippen LogP contribution < -0.4 is 0 Å². The smallest absolute Gasteiger partial charge is 0.231 e. The van der Waals surface area contributed by atoms with Gasteiger partial charge in [-0.15, -0.1) is 0 Å². The molecule has 2 rings (SSSR count). The molecule has 2 aliphatic heterocycles. The van der Waals surface area contributed by atoms with Gasteiger partial charge in [-0.1, -0.05) is 13.0 Å². The van der Waals surface area contributed by atoms with Gasteiger partial charge in [-0.05, 0) is 6.42 Å². The first-order valence-electron chi connectivity index (χ1n) is 3.29. The highest BCUT2D eigenvalue weighted by molar-refractivity contribution is 5.87. The Balaban J connectivity index is 2.21. The van der Waals surface area contributed by atoms with Crippen LogP contribution in [-0.2, 0) is 4.79 Å². The number of nitrogens with zero attached hydrogens (tertiary/aromatic N) is 1. The number of rotatable bonds is 0. The fourth-order valence-electron chi connectivity index (χ4n) is 1.54. The second-order valence-electron chi connectivity index (χ2n) is 2.72. The summed E-state index contributed by atoms with van der Waals surface area (Å²) < 4.78 is 0. The Labute approximate surface area is 54.1 Å². The highest BCUT2D eigenvalue weighted by Crippen LogP contribution is 2.33. The summed E-state index contributed by atoms with van der Waals surface area (Å²) in [6, 6.07) is 0.512. The minimum absolute atomic E-state index is 0.278. The zero-order valence-corrected chi connectivity index (χ0v) is 5.37. The summed E-state index contributed by atoms with van der Waals surface area (Å²) >= 11 is 0. The molecule has 0 aromatic rings. The van der Waals surface area contributed by atoms with Crippen molar-refractivity contribution >= 4 is 5.91 Å². The summed E-state index contributed by atoms with van der Waals surface area (Å²) in [6.45, 7) is 2.00. The number of hydrogen-bond donors (Lipinski definition) is 0. The van der Waals surface area contributed by atoms with Crippen LogP contribution in [-0.4, -0.2) is 16.8 Å². The summed E-state index contributed by atoms with van der Waals surface area (Å²) in [6.07, 6.45) is 5.02. The third kappa shape index (κ3) is 0.435. The van der Waals surface area contributed by atoms with E-state index >= 15 is 0 Å². The standard InChI is InChI=1S/C7H9NO/c1-5-6-3-2-4-8(6)7(5)9/h2,4-6H,3H2,1H3/t5-,6?/m0/s1. The molecular weight excluding hydrogens is 114 g/mol. The number of β-lactam (4-membered cyclic amide) rings is 1. The highest BCUT2D eigenvalue weighted by atomic mass is 16.2. The summed E-state index contributed by atoms with van der Waals surface area (Å²) in [7, 11) is 0. The Hall–Kier alpha value is -0.790. The predicted molar refractivity (Wildman–Crippen MR) is 33.6 cm³/mol. The lowest BCUT2D eigenvalue weighted by molar-refractivity contribution is -0.147. The maximum Gasteiger partial charge on any atom is 0.231 e. The van der Waals surface area contributed by atoms with Gasteiger partial charge in [0, 0.05) is 6.20 Å². The molecule has 2 aliphatic rings. The predicted octanol–water partition coefficient (Wildman–Crippen LogP) is 0.751. The topological polar surface area (TPSA) is 20.3 Å². The summed E-state index contributed by atoms with van der Waals surface area (Å²) in [4.78, 5) is 12.7. The zero-order valence-electron chi connectivity index (χ0n) is 5.37. The lowest BCUT2D eigenvalue weighted by Crippen LogP contribution is -2.54. The van der Waals surface area contributed by atoms with Crippen molar-refractivity contribution in [2.45, 2.75) is 19.4 Å². The van der Waals surface area contributed by atoms with Crippen LogP contribution in [0.25, 0.3) is 0 Å². The molecule has 1 fully saturated rings. The summed E-state index contributed by atoms with van der Waals surface area (Å²) in [5.74, 6) is 0.564. The monoisotopic (exact) mass is 123 g/mol. The Morgan fingerprint density at radius 3 is 3.22 bits per heavy atom. The minimum atomic E-state index is 0.278. The van der Waals surface area contributed by atoms with Gasteiger partial charge in [-0.3, -0.25) is 4.79 Å². The maximum absolute atomic E-state index is 10.9. The van der Waals surface area contributed by atoms with Crippen molar-refractivity contribution < 1.29 is 4.79 Å². The van der Waals surface area contributed by atoms with Gasteiger partial charge >= 0.3 is 0 Å². The third-order valence-corrected chi connectivity index (χ3v) is 2.22. The molecular formula is C7H9NO. The van der Waals surface area contributed by atoms with Crippen molar-refractivity contribution in [3.8, 4) is 0 Å². The molecule has 0 saturated carbocycles. The molecule has 2 atom stereocenters. The Morgan fingerprint density at radius 1 is 1.78 bits per heavy atom. The molecule has 1 unspecified atom stereocenters. The van der Waals surface area contributed by atoms with Crippen molar-refractivity contribution in [3.63, 3.8) is 0 Å². The molecule has 0 aromatic heterocycles. The Bertz CT molecular complexity index is 185. The van der Waals surface area contributed by atoms with Gasteiger partial charge < -0.3 is 4.90 Å². The van der Waals surface area contributed by atoms with Gasteiger partial charge in [0.05, 0.1) is 12.0 Å². The SMILES string of the molecule is C[C@@H]1C(=O)N2C=CCC12. The fraction of sp³-hybridized carbons (Fsp3) is 0.571. The largest absolute Gasteiger partial charge is 0.315 e. The number of fused-ring (bicyclic) bond motifs is 1. The van der Waals surface area contributed by atoms with Gasteiger partial charge in [0.1, 0.15) is 0 Å². The molecule has 0 aliphatic carbocycles. The number of carbonyl (C=O) groups is 1. The van der Waals surface area contributed by atoms with Crippen molar-refractivity contribution in [2.75, 3.05) is 0 Å². The zero-order chi connectivity index (χ0) is 6.43. The lowest BCUT2D eigenvalue weighted by Gasteiger charge is -2.39. The second kappa shape index (κ2) is 1.38. The summed E-state index contributed by atoms with van der Waals surface area (Å²) in [5, 5.41) is 0. The summed E-state index contributed by atoms with van der Waals surface area (Å²) in [5.41, 5.74) is 0. The molecule has 0 N–H and O–H groups in total. The van der Waals surface area contributed by atoms with Gasteiger partial charge in [0.15, 0.2) is 0 Å². The van der Waals surface area contributed by atoms with E-state index in [1.807, 2.05) is 18.0 Å². The van der Waals surface area contributed by atoms with E-state index in [0.717, 1.165) is 6.42 Å². The molecule has 2 heterocycles. The van der Waals surface area contributed by atoms with Crippen molar-refractivity contribution in [2.24, 2.45) is 5.92 Å². The Morgan fingerprint density at radius 2 is 2.56 bits per heavy atom. The molecule has 0 spiro atoms. The average Bonchev–Trinajstić information content (AvgIpc) is 2.30. The van der Waals surface area contributed by atoms with E-state index in [0.29, 0.717) is 6.04 Å². The molecule has 0 bridgehead atoms. The fourth-order valence-corrected chi connectivity index (χ4v) is 1.54. The van der Waals surface area contributed by atoms with Crippen LogP contribution in [0.5, 0.6) is 0 Å². The molecule has 1 amide bonds. The second-order valence-corrected chi connectivity index (χ2v) is 2.72. The third-order valence-electron chi connectivity index (χ3n) is 2.22. The van der Waals surface area contributed by atoms with Crippen molar-refractivity contribution in [1.82, 2.24) is 4.90 Å². The minimum Gasteiger partial charge on any atom is -0.315 e. The molecule has 2 heteroatoms. The normalized spacial score (nSPS) is 38.8. The van der Waals surface area contributed by atoms with Crippen LogP contribution >= 0.6 is 0 Å². The van der Waals surface area contributed by atoms with E-state index < -0.39 is 0 Å². The highest BCUT2D eigenvalue weighted by Gasteiger charge is 2.44. The van der Waals surface area contributed by atoms with Crippen LogP contribution in [0.3, 0.4) is 0 Å². The van der Waals surface area contributed by atoms with Crippen LogP contribution in [0, 0.1) is 5.92 Å². The first-order valence-corrected chi connectivity index (χ1v) is 3.29. The van der Waals surface area contributed by atoms with E-state index in [1.54, 1.807) is 0 Å². The van der Waals surface area contributed by atoms with E-state index in [-0.39, 0.29) is 11.8 Å². The lowest BCUT2D eigenvalue weighted by atomic mass is 9.90. The van der Waals surface area contributed by atoms with E-state index in [4.69, 9.17) is 0 Å². The van der Waals surface area contributed by atoms with Crippen LogP contribution in [0.4, 0.5) is 0 Å². The van der Waals surface area contributed by atoms with Crippen LogP contribution in [0.1, 0.15) is 13.3 Å². The molecule has 1 saturated heterocycles. The Kier molecular flexibility index (Phi) is 0.770. The van der Waals surface area contributed by atoms with Gasteiger partial charge in [0.2, 0.25) is 5.91 Å².